The fraction of sp³-hybridized carbons (Fsp3) is 0.929. The summed E-state index contributed by atoms with van der Waals surface area (Å²) in [5.41, 5.74) is 0. The summed E-state index contributed by atoms with van der Waals surface area (Å²) >= 11 is 0. The van der Waals surface area contributed by atoms with Crippen molar-refractivity contribution < 1.29 is 9.90 Å². The highest BCUT2D eigenvalue weighted by atomic mass is 16.2. The van der Waals surface area contributed by atoms with Crippen molar-refractivity contribution in [1.29, 1.82) is 0 Å². The SMILES string of the molecule is CCN1CC(CCCO)CC(NC(=O)C(C)C)C1. The highest BCUT2D eigenvalue weighted by Crippen LogP contribution is 2.21. The predicted octanol–water partition coefficient (Wildman–Crippen LogP) is 1.24. The summed E-state index contributed by atoms with van der Waals surface area (Å²) in [6, 6.07) is 0.275. The zero-order chi connectivity index (χ0) is 13.5. The average molecular weight is 256 g/mol. The van der Waals surface area contributed by atoms with Crippen molar-refractivity contribution in [3.63, 3.8) is 0 Å². The molecule has 106 valence electrons. The quantitative estimate of drug-likeness (QED) is 0.752. The van der Waals surface area contributed by atoms with Crippen LogP contribution in [0.1, 0.15) is 40.0 Å². The Hall–Kier alpha value is -0.610. The topological polar surface area (TPSA) is 52.6 Å². The van der Waals surface area contributed by atoms with Gasteiger partial charge in [-0.15, -0.1) is 0 Å². The minimum Gasteiger partial charge on any atom is -0.396 e. The third-order valence-electron chi connectivity index (χ3n) is 3.70. The molecule has 0 aromatic carbocycles. The van der Waals surface area contributed by atoms with Crippen LogP contribution in [0.15, 0.2) is 0 Å². The lowest BCUT2D eigenvalue weighted by Crippen LogP contribution is -2.51. The Balaban J connectivity index is 2.48. The molecule has 2 N–H and O–H groups in total. The lowest BCUT2D eigenvalue weighted by molar-refractivity contribution is -0.125. The first-order valence-corrected chi connectivity index (χ1v) is 7.20. The standard InChI is InChI=1S/C14H28N2O2/c1-4-16-9-12(6-5-7-17)8-13(10-16)15-14(18)11(2)3/h11-13,17H,4-10H2,1-3H3,(H,15,18). The van der Waals surface area contributed by atoms with Crippen LogP contribution in [0.2, 0.25) is 0 Å². The number of amides is 1. The van der Waals surface area contributed by atoms with Gasteiger partial charge in [0.05, 0.1) is 0 Å². The number of aliphatic hydroxyl groups excluding tert-OH is 1. The number of hydrogen-bond acceptors (Lipinski definition) is 3. The second-order valence-corrected chi connectivity index (χ2v) is 5.68. The third-order valence-corrected chi connectivity index (χ3v) is 3.70. The van der Waals surface area contributed by atoms with Crippen LogP contribution in [0.4, 0.5) is 0 Å². The maximum atomic E-state index is 11.8. The van der Waals surface area contributed by atoms with Crippen molar-refractivity contribution in [2.45, 2.75) is 46.1 Å². The van der Waals surface area contributed by atoms with Gasteiger partial charge >= 0.3 is 0 Å². The van der Waals surface area contributed by atoms with Gasteiger partial charge in [-0.1, -0.05) is 20.8 Å². The van der Waals surface area contributed by atoms with Gasteiger partial charge < -0.3 is 15.3 Å². The molecule has 1 fully saturated rings. The maximum absolute atomic E-state index is 11.8. The second kappa shape index (κ2) is 7.74. The number of likely N-dealkylation sites (N-methyl/N-ethyl adjacent to an activating group) is 1. The summed E-state index contributed by atoms with van der Waals surface area (Å²) < 4.78 is 0. The van der Waals surface area contributed by atoms with Gasteiger partial charge in [0.15, 0.2) is 0 Å². The molecule has 0 radical (unpaired) electrons. The largest absolute Gasteiger partial charge is 0.396 e. The van der Waals surface area contributed by atoms with Gasteiger partial charge in [-0.25, -0.2) is 0 Å². The van der Waals surface area contributed by atoms with E-state index in [2.05, 4.69) is 17.1 Å². The summed E-state index contributed by atoms with van der Waals surface area (Å²) in [5, 5.41) is 12.1. The van der Waals surface area contributed by atoms with E-state index in [0.29, 0.717) is 5.92 Å². The molecular weight excluding hydrogens is 228 g/mol. The number of hydrogen-bond donors (Lipinski definition) is 2. The van der Waals surface area contributed by atoms with Crippen LogP contribution in [0, 0.1) is 11.8 Å². The maximum Gasteiger partial charge on any atom is 0.222 e. The van der Waals surface area contributed by atoms with E-state index in [0.717, 1.165) is 38.9 Å². The Kier molecular flexibility index (Phi) is 6.65. The number of carbonyl (C=O) groups is 1. The molecule has 2 atom stereocenters. The van der Waals surface area contributed by atoms with Crippen molar-refractivity contribution in [2.75, 3.05) is 26.2 Å². The van der Waals surface area contributed by atoms with Crippen LogP contribution in [0.3, 0.4) is 0 Å². The molecular formula is C14H28N2O2. The van der Waals surface area contributed by atoms with Crippen LogP contribution in [0.5, 0.6) is 0 Å². The first-order chi connectivity index (χ1) is 8.56. The van der Waals surface area contributed by atoms with Crippen molar-refractivity contribution in [3.8, 4) is 0 Å². The molecule has 2 unspecified atom stereocenters. The number of nitrogens with zero attached hydrogens (tertiary/aromatic N) is 1. The molecule has 1 heterocycles. The molecule has 1 saturated heterocycles. The molecule has 1 amide bonds. The van der Waals surface area contributed by atoms with Gasteiger partial charge in [0.2, 0.25) is 5.91 Å². The minimum absolute atomic E-state index is 0.0536. The van der Waals surface area contributed by atoms with Crippen molar-refractivity contribution >= 4 is 5.91 Å². The smallest absolute Gasteiger partial charge is 0.222 e. The van der Waals surface area contributed by atoms with Crippen LogP contribution in [-0.4, -0.2) is 48.2 Å². The number of likely N-dealkylation sites (tertiary alicyclic amines) is 1. The van der Waals surface area contributed by atoms with Crippen LogP contribution in [0.25, 0.3) is 0 Å². The lowest BCUT2D eigenvalue weighted by atomic mass is 9.90. The number of carbonyl (C=O) groups excluding carboxylic acids is 1. The van der Waals surface area contributed by atoms with Gasteiger partial charge in [-0.2, -0.15) is 0 Å². The van der Waals surface area contributed by atoms with E-state index >= 15 is 0 Å². The van der Waals surface area contributed by atoms with Gasteiger partial charge in [0, 0.05) is 31.7 Å². The fourth-order valence-electron chi connectivity index (χ4n) is 2.62. The lowest BCUT2D eigenvalue weighted by Gasteiger charge is -2.38. The predicted molar refractivity (Wildman–Crippen MR) is 73.3 cm³/mol. The van der Waals surface area contributed by atoms with Crippen LogP contribution >= 0.6 is 0 Å². The van der Waals surface area contributed by atoms with Crippen LogP contribution < -0.4 is 5.32 Å². The molecule has 0 spiro atoms. The van der Waals surface area contributed by atoms with E-state index in [1.54, 1.807) is 0 Å². The summed E-state index contributed by atoms with van der Waals surface area (Å²) in [5.74, 6) is 0.806. The van der Waals surface area contributed by atoms with Gasteiger partial charge in [0.1, 0.15) is 0 Å². The van der Waals surface area contributed by atoms with E-state index in [4.69, 9.17) is 5.11 Å². The first kappa shape index (κ1) is 15.4. The third kappa shape index (κ3) is 4.94. The van der Waals surface area contributed by atoms with Gasteiger partial charge in [0.25, 0.3) is 0 Å². The molecule has 4 nitrogen and oxygen atoms in total. The highest BCUT2D eigenvalue weighted by molar-refractivity contribution is 5.78. The fourth-order valence-corrected chi connectivity index (χ4v) is 2.62. The van der Waals surface area contributed by atoms with Crippen LogP contribution in [-0.2, 0) is 4.79 Å². The summed E-state index contributed by atoms with van der Waals surface area (Å²) in [6.07, 6.45) is 2.98. The molecule has 0 aromatic heterocycles. The molecule has 1 rings (SSSR count). The van der Waals surface area contributed by atoms with E-state index in [1.807, 2.05) is 13.8 Å². The highest BCUT2D eigenvalue weighted by Gasteiger charge is 2.27. The second-order valence-electron chi connectivity index (χ2n) is 5.68. The normalized spacial score (nSPS) is 25.4. The van der Waals surface area contributed by atoms with Gasteiger partial charge in [-0.05, 0) is 31.7 Å². The Labute approximate surface area is 111 Å². The van der Waals surface area contributed by atoms with E-state index in [9.17, 15) is 4.79 Å². The summed E-state index contributed by atoms with van der Waals surface area (Å²) in [7, 11) is 0. The molecule has 4 heteroatoms. The summed E-state index contributed by atoms with van der Waals surface area (Å²) in [4.78, 5) is 14.2. The average Bonchev–Trinajstić information content (AvgIpc) is 2.35. The molecule has 1 aliphatic rings. The Morgan fingerprint density at radius 1 is 1.44 bits per heavy atom. The minimum atomic E-state index is 0.0536. The van der Waals surface area contributed by atoms with Gasteiger partial charge in [-0.3, -0.25) is 4.79 Å². The zero-order valence-electron chi connectivity index (χ0n) is 12.0. The first-order valence-electron chi connectivity index (χ1n) is 7.20. The Morgan fingerprint density at radius 2 is 2.17 bits per heavy atom. The number of rotatable bonds is 6. The number of aliphatic hydroxyl groups is 1. The van der Waals surface area contributed by atoms with Crippen molar-refractivity contribution in [2.24, 2.45) is 11.8 Å². The molecule has 1 aliphatic heterocycles. The van der Waals surface area contributed by atoms with E-state index < -0.39 is 0 Å². The molecule has 0 bridgehead atoms. The zero-order valence-corrected chi connectivity index (χ0v) is 12.0. The molecule has 0 aliphatic carbocycles. The molecule has 18 heavy (non-hydrogen) atoms. The number of piperidine rings is 1. The molecule has 0 aromatic rings. The van der Waals surface area contributed by atoms with Crippen molar-refractivity contribution in [1.82, 2.24) is 10.2 Å². The number of nitrogens with one attached hydrogen (secondary N) is 1. The Morgan fingerprint density at radius 3 is 2.72 bits per heavy atom. The van der Waals surface area contributed by atoms with E-state index in [1.165, 1.54) is 0 Å². The van der Waals surface area contributed by atoms with E-state index in [-0.39, 0.29) is 24.5 Å². The molecule has 0 saturated carbocycles. The Bertz CT molecular complexity index is 256. The van der Waals surface area contributed by atoms with Crippen molar-refractivity contribution in [3.05, 3.63) is 0 Å². The summed E-state index contributed by atoms with van der Waals surface area (Å²) in [6.45, 7) is 9.39. The monoisotopic (exact) mass is 256 g/mol.